The molecule has 0 radical (unpaired) electrons. The number of hydrogen-bond acceptors (Lipinski definition) is 2. The number of hydrogen-bond donors (Lipinski definition) is 2. The summed E-state index contributed by atoms with van der Waals surface area (Å²) in [6, 6.07) is 0. The normalized spacial score (nSPS) is 46.5. The van der Waals surface area contributed by atoms with Crippen LogP contribution in [0.1, 0.15) is 112 Å². The molecule has 31 heavy (non-hydrogen) atoms. The lowest BCUT2D eigenvalue weighted by molar-refractivity contribution is -0.126. The summed E-state index contributed by atoms with van der Waals surface area (Å²) in [4.78, 5) is 0. The van der Waals surface area contributed by atoms with Crippen molar-refractivity contribution in [3.8, 4) is 0 Å². The van der Waals surface area contributed by atoms with Gasteiger partial charge < -0.3 is 10.2 Å². The number of rotatable bonds is 6. The van der Waals surface area contributed by atoms with Crippen LogP contribution in [-0.4, -0.2) is 22.4 Å². The Morgan fingerprint density at radius 1 is 0.774 bits per heavy atom. The minimum atomic E-state index is -0.587. The van der Waals surface area contributed by atoms with Crippen LogP contribution in [0.25, 0.3) is 0 Å². The van der Waals surface area contributed by atoms with Gasteiger partial charge in [0.1, 0.15) is 0 Å². The molecule has 4 fully saturated rings. The Kier molecular flexibility index (Phi) is 6.93. The highest BCUT2D eigenvalue weighted by atomic mass is 16.3. The second kappa shape index (κ2) is 8.94. The average molecular weight is 433 g/mol. The van der Waals surface area contributed by atoms with Crippen molar-refractivity contribution in [1.29, 1.82) is 0 Å². The molecule has 0 spiro atoms. The van der Waals surface area contributed by atoms with Crippen LogP contribution in [0.5, 0.6) is 0 Å². The lowest BCUT2D eigenvalue weighted by atomic mass is 9.44. The van der Waals surface area contributed by atoms with E-state index in [-0.39, 0.29) is 11.8 Å². The molecule has 0 bridgehead atoms. The molecule has 2 nitrogen and oxygen atoms in total. The lowest BCUT2D eigenvalue weighted by Gasteiger charge is -2.61. The summed E-state index contributed by atoms with van der Waals surface area (Å²) in [6.45, 7) is 14.0. The van der Waals surface area contributed by atoms with E-state index in [1.54, 1.807) is 0 Å². The van der Waals surface area contributed by atoms with Gasteiger partial charge in [0.25, 0.3) is 0 Å². The van der Waals surface area contributed by atoms with Crippen molar-refractivity contribution < 1.29 is 10.2 Å². The van der Waals surface area contributed by atoms with Crippen LogP contribution in [0.4, 0.5) is 0 Å². The Balaban J connectivity index is 1.51. The zero-order chi connectivity index (χ0) is 22.6. The maximum absolute atomic E-state index is 11.3. The standard InChI is InChI=1S/C29H52O2/c1-7-21(18(2)3)27(31)26(30)19(4)23-13-14-24-22-12-11-20-10-8-9-16-28(20,5)25(22)15-17-29(23,24)6/h18-27,30-31H,7-17H2,1-6H3/t19-,20?,21-,22-,23+,24-,25-,26+,27+,28-,29+/m0/s1. The minimum absolute atomic E-state index is 0.191. The van der Waals surface area contributed by atoms with Gasteiger partial charge in [-0.1, -0.05) is 60.8 Å². The molecule has 2 heteroatoms. The van der Waals surface area contributed by atoms with E-state index in [0.717, 1.165) is 30.1 Å². The van der Waals surface area contributed by atoms with E-state index in [1.165, 1.54) is 64.2 Å². The summed E-state index contributed by atoms with van der Waals surface area (Å²) >= 11 is 0. The van der Waals surface area contributed by atoms with E-state index in [0.29, 0.717) is 22.7 Å². The molecule has 0 aromatic rings. The molecule has 4 aliphatic rings. The van der Waals surface area contributed by atoms with E-state index >= 15 is 0 Å². The highest BCUT2D eigenvalue weighted by Crippen LogP contribution is 2.68. The van der Waals surface area contributed by atoms with E-state index in [9.17, 15) is 10.2 Å². The number of aliphatic hydroxyl groups excluding tert-OH is 2. The Hall–Kier alpha value is -0.0800. The Morgan fingerprint density at radius 2 is 1.48 bits per heavy atom. The topological polar surface area (TPSA) is 40.5 Å². The number of fused-ring (bicyclic) bond motifs is 5. The smallest absolute Gasteiger partial charge is 0.0832 e. The Labute approximate surface area is 193 Å². The first kappa shape index (κ1) is 24.1. The molecular weight excluding hydrogens is 380 g/mol. The molecule has 0 aliphatic heterocycles. The second-order valence-electron chi connectivity index (χ2n) is 13.3. The first-order chi connectivity index (χ1) is 14.6. The number of aliphatic hydroxyl groups is 2. The van der Waals surface area contributed by atoms with E-state index < -0.39 is 12.2 Å². The molecule has 0 saturated heterocycles. The molecule has 0 amide bonds. The highest BCUT2D eigenvalue weighted by Gasteiger charge is 2.60. The van der Waals surface area contributed by atoms with E-state index in [2.05, 4.69) is 41.5 Å². The fraction of sp³-hybridized carbons (Fsp3) is 1.00. The largest absolute Gasteiger partial charge is 0.390 e. The monoisotopic (exact) mass is 432 g/mol. The zero-order valence-corrected chi connectivity index (χ0v) is 21.4. The summed E-state index contributed by atoms with van der Waals surface area (Å²) < 4.78 is 0. The summed E-state index contributed by atoms with van der Waals surface area (Å²) in [5.41, 5.74) is 0.964. The quantitative estimate of drug-likeness (QED) is 0.471. The van der Waals surface area contributed by atoms with Crippen LogP contribution in [0.2, 0.25) is 0 Å². The van der Waals surface area contributed by atoms with E-state index in [1.807, 2.05) is 0 Å². The van der Waals surface area contributed by atoms with E-state index in [4.69, 9.17) is 0 Å². The van der Waals surface area contributed by atoms with Crippen molar-refractivity contribution in [3.05, 3.63) is 0 Å². The third-order valence-electron chi connectivity index (χ3n) is 11.9. The van der Waals surface area contributed by atoms with Crippen molar-refractivity contribution in [2.24, 2.45) is 58.2 Å². The van der Waals surface area contributed by atoms with Crippen molar-refractivity contribution in [1.82, 2.24) is 0 Å². The third kappa shape index (κ3) is 3.84. The maximum atomic E-state index is 11.3. The first-order valence-corrected chi connectivity index (χ1v) is 14.0. The summed E-state index contributed by atoms with van der Waals surface area (Å²) in [6.07, 6.45) is 14.0. The molecule has 0 aromatic carbocycles. The average Bonchev–Trinajstić information content (AvgIpc) is 3.09. The van der Waals surface area contributed by atoms with Gasteiger partial charge in [-0.25, -0.2) is 0 Å². The minimum Gasteiger partial charge on any atom is -0.390 e. The van der Waals surface area contributed by atoms with Crippen LogP contribution >= 0.6 is 0 Å². The van der Waals surface area contributed by atoms with Crippen molar-refractivity contribution >= 4 is 0 Å². The molecule has 1 unspecified atom stereocenters. The molecule has 0 aromatic heterocycles. The van der Waals surface area contributed by atoms with Gasteiger partial charge in [0.2, 0.25) is 0 Å². The van der Waals surface area contributed by atoms with Gasteiger partial charge in [0.05, 0.1) is 12.2 Å². The van der Waals surface area contributed by atoms with Crippen LogP contribution in [0, 0.1) is 58.2 Å². The third-order valence-corrected chi connectivity index (χ3v) is 11.9. The highest BCUT2D eigenvalue weighted by molar-refractivity contribution is 5.09. The summed E-state index contributed by atoms with van der Waals surface area (Å²) in [5, 5.41) is 22.3. The van der Waals surface area contributed by atoms with Gasteiger partial charge in [-0.2, -0.15) is 0 Å². The van der Waals surface area contributed by atoms with Crippen LogP contribution in [-0.2, 0) is 0 Å². The fourth-order valence-corrected chi connectivity index (χ4v) is 10.1. The van der Waals surface area contributed by atoms with Crippen LogP contribution in [0.3, 0.4) is 0 Å². The predicted octanol–water partition coefficient (Wildman–Crippen LogP) is 7.08. The van der Waals surface area contributed by atoms with Gasteiger partial charge in [0.15, 0.2) is 0 Å². The SMILES string of the molecule is CC[C@@H](C(C)C)[C@@H](O)[C@H](O)[C@@H](C)[C@H]1CC[C@H]2[C@@H]3CCC4CCCC[C@]4(C)[C@H]3CC[C@]12C. The lowest BCUT2D eigenvalue weighted by Crippen LogP contribution is -2.53. The van der Waals surface area contributed by atoms with Crippen LogP contribution < -0.4 is 0 Å². The molecule has 4 aliphatic carbocycles. The van der Waals surface area contributed by atoms with Crippen LogP contribution in [0.15, 0.2) is 0 Å². The molecule has 2 N–H and O–H groups in total. The zero-order valence-electron chi connectivity index (χ0n) is 21.4. The molecule has 11 atom stereocenters. The predicted molar refractivity (Wildman–Crippen MR) is 130 cm³/mol. The molecule has 0 heterocycles. The first-order valence-electron chi connectivity index (χ1n) is 14.0. The molecule has 4 saturated carbocycles. The van der Waals surface area contributed by atoms with Gasteiger partial charge >= 0.3 is 0 Å². The van der Waals surface area contributed by atoms with Gasteiger partial charge in [-0.15, -0.1) is 0 Å². The van der Waals surface area contributed by atoms with Crippen molar-refractivity contribution in [2.75, 3.05) is 0 Å². The van der Waals surface area contributed by atoms with Crippen molar-refractivity contribution in [3.63, 3.8) is 0 Å². The van der Waals surface area contributed by atoms with Crippen molar-refractivity contribution in [2.45, 2.75) is 124 Å². The maximum Gasteiger partial charge on any atom is 0.0832 e. The second-order valence-corrected chi connectivity index (χ2v) is 13.3. The summed E-state index contributed by atoms with van der Waals surface area (Å²) in [5.74, 6) is 5.05. The fourth-order valence-electron chi connectivity index (χ4n) is 10.1. The Morgan fingerprint density at radius 3 is 2.16 bits per heavy atom. The summed E-state index contributed by atoms with van der Waals surface area (Å²) in [7, 11) is 0. The van der Waals surface area contributed by atoms with Gasteiger partial charge in [-0.05, 0) is 110 Å². The van der Waals surface area contributed by atoms with Gasteiger partial charge in [-0.3, -0.25) is 0 Å². The van der Waals surface area contributed by atoms with Gasteiger partial charge in [0, 0.05) is 0 Å². The molecule has 180 valence electrons. The molecule has 4 rings (SSSR count). The Bertz CT molecular complexity index is 616. The molecular formula is C29H52O2.